The zero-order valence-electron chi connectivity index (χ0n) is 34.7. The van der Waals surface area contributed by atoms with Crippen LogP contribution in [0.4, 0.5) is 0 Å². The Morgan fingerprint density at radius 3 is 1.49 bits per heavy atom. The predicted octanol–water partition coefficient (Wildman–Crippen LogP) is 5.82. The number of carbonyl (C=O) groups is 4. The second kappa shape index (κ2) is 21.7. The Balaban J connectivity index is 1.27. The van der Waals surface area contributed by atoms with Crippen LogP contribution in [0, 0.1) is 0 Å². The lowest BCUT2D eigenvalue weighted by molar-refractivity contribution is -0.353. The Kier molecular flexibility index (Phi) is 15.4. The lowest BCUT2D eigenvalue weighted by atomic mass is 9.94. The van der Waals surface area contributed by atoms with E-state index in [1.54, 1.807) is 73.7 Å². The van der Waals surface area contributed by atoms with Gasteiger partial charge in [0.2, 0.25) is 5.91 Å². The number of hydrogen-bond donors (Lipinski definition) is 2. The molecular weight excluding hydrogens is 811 g/mol. The molecule has 0 radical (unpaired) electrons. The Labute approximate surface area is 364 Å². The molecule has 0 aliphatic carbocycles. The highest BCUT2D eigenvalue weighted by atomic mass is 16.7. The number of carbonyl (C=O) groups excluding carboxylic acids is 4. The summed E-state index contributed by atoms with van der Waals surface area (Å²) in [6, 6.07) is 41.9. The quantitative estimate of drug-likeness (QED) is 0.0899. The van der Waals surface area contributed by atoms with Crippen molar-refractivity contribution in [3.8, 4) is 0 Å². The largest absolute Gasteiger partial charge is 0.459 e. The Morgan fingerprint density at radius 2 is 1.00 bits per heavy atom. The van der Waals surface area contributed by atoms with E-state index in [2.05, 4.69) is 5.32 Å². The number of esters is 3. The van der Waals surface area contributed by atoms with Gasteiger partial charge in [0.05, 0.1) is 36.0 Å². The van der Waals surface area contributed by atoms with E-state index < -0.39 is 91.8 Å². The molecule has 1 amide bonds. The van der Waals surface area contributed by atoms with Gasteiger partial charge in [0, 0.05) is 6.92 Å². The molecule has 7 rings (SSSR count). The third-order valence-electron chi connectivity index (χ3n) is 10.5. The highest BCUT2D eigenvalue weighted by Crippen LogP contribution is 2.34. The van der Waals surface area contributed by atoms with E-state index in [4.69, 9.17) is 37.9 Å². The zero-order valence-corrected chi connectivity index (χ0v) is 34.7. The van der Waals surface area contributed by atoms with Crippen LogP contribution in [0.3, 0.4) is 0 Å². The minimum Gasteiger partial charge on any atom is -0.459 e. The van der Waals surface area contributed by atoms with Crippen molar-refractivity contribution in [2.75, 3.05) is 6.61 Å². The van der Waals surface area contributed by atoms with Gasteiger partial charge in [-0.05, 0) is 54.4 Å². The first-order valence-electron chi connectivity index (χ1n) is 20.6. The summed E-state index contributed by atoms with van der Waals surface area (Å²) >= 11 is 0. The molecule has 10 atom stereocenters. The van der Waals surface area contributed by atoms with Gasteiger partial charge in [-0.1, -0.05) is 115 Å². The van der Waals surface area contributed by atoms with Crippen LogP contribution >= 0.6 is 0 Å². The molecular formula is C49H49NO13. The maximum atomic E-state index is 14.0. The molecule has 2 heterocycles. The van der Waals surface area contributed by atoms with Crippen molar-refractivity contribution in [3.05, 3.63) is 179 Å². The summed E-state index contributed by atoms with van der Waals surface area (Å²) in [5.74, 6) is -2.95. The monoisotopic (exact) mass is 859 g/mol. The molecule has 0 saturated carbocycles. The van der Waals surface area contributed by atoms with Crippen LogP contribution in [-0.4, -0.2) is 96.9 Å². The SMILES string of the molecule is CC(=O)N[C@@H]1[C@H](O[C@@H]2[C@H](OCc3ccccc3)[C@@H](OCc3ccccc3)[C@H](C)O[C@H]2O)O[C@H](COC(=O)c2ccccc2)[C@@H](OC(=O)c2ccccc2)[C@@H]1OC(=O)c1ccccc1. The maximum Gasteiger partial charge on any atom is 0.338 e. The molecule has 0 spiro atoms. The van der Waals surface area contributed by atoms with Crippen molar-refractivity contribution in [1.82, 2.24) is 5.32 Å². The van der Waals surface area contributed by atoms with Crippen LogP contribution < -0.4 is 5.32 Å². The van der Waals surface area contributed by atoms with Gasteiger partial charge in [-0.2, -0.15) is 0 Å². The standard InChI is InChI=1S/C49H49NO13/c1-31-40(56-28-33-18-8-3-9-19-33)43(57-29-34-20-10-4-11-21-34)44(48(55)59-31)63-49-39(50-32(2)51)42(62-47(54)37-26-16-7-17-27-37)41(61-46(53)36-24-14-6-15-25-36)38(60-49)30-58-45(52)35-22-12-5-13-23-35/h3-27,31,38-44,48-49,55H,28-30H2,1-2H3,(H,50,51)/t31-,38+,39-,40-,41+,42+,43+,44+,48+,49-/m0/s1. The molecule has 5 aromatic carbocycles. The highest BCUT2D eigenvalue weighted by molar-refractivity contribution is 5.91. The molecule has 2 fully saturated rings. The maximum absolute atomic E-state index is 14.0. The van der Waals surface area contributed by atoms with Gasteiger partial charge in [-0.25, -0.2) is 14.4 Å². The normalized spacial score (nSPS) is 25.6. The number of amides is 1. The number of nitrogens with one attached hydrogen (secondary N) is 1. The van der Waals surface area contributed by atoms with Crippen LogP contribution in [0.1, 0.15) is 56.0 Å². The lowest BCUT2D eigenvalue weighted by Crippen LogP contribution is -2.69. The number of hydrogen-bond acceptors (Lipinski definition) is 13. The van der Waals surface area contributed by atoms with Gasteiger partial charge in [0.15, 0.2) is 24.8 Å². The summed E-state index contributed by atoms with van der Waals surface area (Å²) in [4.78, 5) is 54.2. The number of ether oxygens (including phenoxy) is 8. The Morgan fingerprint density at radius 1 is 0.556 bits per heavy atom. The average molecular weight is 860 g/mol. The van der Waals surface area contributed by atoms with E-state index >= 15 is 0 Å². The van der Waals surface area contributed by atoms with E-state index in [0.717, 1.165) is 11.1 Å². The van der Waals surface area contributed by atoms with Crippen LogP contribution in [0.15, 0.2) is 152 Å². The van der Waals surface area contributed by atoms with Gasteiger partial charge in [0.25, 0.3) is 0 Å². The first-order valence-corrected chi connectivity index (χ1v) is 20.6. The van der Waals surface area contributed by atoms with Gasteiger partial charge in [-0.15, -0.1) is 0 Å². The highest BCUT2D eigenvalue weighted by Gasteiger charge is 2.55. The van der Waals surface area contributed by atoms with Gasteiger partial charge >= 0.3 is 17.9 Å². The van der Waals surface area contributed by atoms with E-state index in [0.29, 0.717) is 0 Å². The zero-order chi connectivity index (χ0) is 44.1. The molecule has 328 valence electrons. The van der Waals surface area contributed by atoms with Crippen molar-refractivity contribution in [2.45, 2.75) is 88.4 Å². The minimum absolute atomic E-state index is 0.0868. The second-order valence-corrected chi connectivity index (χ2v) is 15.1. The minimum atomic E-state index is -1.63. The summed E-state index contributed by atoms with van der Waals surface area (Å²) < 4.78 is 50.3. The Bertz CT molecular complexity index is 2230. The van der Waals surface area contributed by atoms with Crippen molar-refractivity contribution in [3.63, 3.8) is 0 Å². The molecule has 0 unspecified atom stereocenters. The molecule has 5 aromatic rings. The lowest BCUT2D eigenvalue weighted by Gasteiger charge is -2.49. The smallest absolute Gasteiger partial charge is 0.338 e. The summed E-state index contributed by atoms with van der Waals surface area (Å²) in [5, 5.41) is 14.5. The van der Waals surface area contributed by atoms with Crippen LogP contribution in [0.25, 0.3) is 0 Å². The topological polar surface area (TPSA) is 174 Å². The average Bonchev–Trinajstić information content (AvgIpc) is 3.31. The van der Waals surface area contributed by atoms with Crippen molar-refractivity contribution in [2.24, 2.45) is 0 Å². The first-order chi connectivity index (χ1) is 30.6. The van der Waals surface area contributed by atoms with Gasteiger partial charge < -0.3 is 48.3 Å². The van der Waals surface area contributed by atoms with Crippen LogP contribution in [0.5, 0.6) is 0 Å². The number of aliphatic hydroxyl groups is 1. The number of rotatable bonds is 16. The summed E-state index contributed by atoms with van der Waals surface area (Å²) in [7, 11) is 0. The number of aliphatic hydroxyl groups excluding tert-OH is 1. The second-order valence-electron chi connectivity index (χ2n) is 15.1. The molecule has 14 heteroatoms. The van der Waals surface area contributed by atoms with Crippen LogP contribution in [-0.2, 0) is 55.9 Å². The molecule has 2 N–H and O–H groups in total. The van der Waals surface area contributed by atoms with Crippen molar-refractivity contribution in [1.29, 1.82) is 0 Å². The molecule has 2 aliphatic rings. The third kappa shape index (κ3) is 11.8. The Hall–Kier alpha value is -6.26. The number of benzene rings is 5. The molecule has 63 heavy (non-hydrogen) atoms. The third-order valence-corrected chi connectivity index (χ3v) is 10.5. The molecule has 2 aliphatic heterocycles. The van der Waals surface area contributed by atoms with Crippen LogP contribution in [0.2, 0.25) is 0 Å². The van der Waals surface area contributed by atoms with E-state index in [9.17, 15) is 24.3 Å². The summed E-state index contributed by atoms with van der Waals surface area (Å²) in [6.45, 7) is 2.70. The van der Waals surface area contributed by atoms with Crippen molar-refractivity contribution >= 4 is 23.8 Å². The molecule has 0 aromatic heterocycles. The fourth-order valence-electron chi connectivity index (χ4n) is 7.42. The predicted molar refractivity (Wildman–Crippen MR) is 226 cm³/mol. The van der Waals surface area contributed by atoms with Crippen molar-refractivity contribution < 1.29 is 62.2 Å². The molecule has 14 nitrogen and oxygen atoms in total. The van der Waals surface area contributed by atoms with E-state index in [1.807, 2.05) is 60.7 Å². The molecule has 2 saturated heterocycles. The first kappa shape index (κ1) is 44.8. The summed E-state index contributed by atoms with van der Waals surface area (Å²) in [6.07, 6.45) is -11.6. The van der Waals surface area contributed by atoms with E-state index in [-0.39, 0.29) is 29.9 Å². The van der Waals surface area contributed by atoms with E-state index in [1.165, 1.54) is 31.2 Å². The summed E-state index contributed by atoms with van der Waals surface area (Å²) in [5.41, 5.74) is 2.26. The van der Waals surface area contributed by atoms with Gasteiger partial charge in [-0.3, -0.25) is 4.79 Å². The van der Waals surface area contributed by atoms with Gasteiger partial charge in [0.1, 0.15) is 37.1 Å². The molecule has 0 bridgehead atoms. The fourth-order valence-corrected chi connectivity index (χ4v) is 7.42. The fraction of sp³-hybridized carbons (Fsp3) is 0.306.